The molecule has 1 fully saturated rings. The molecule has 0 radical (unpaired) electrons. The molecule has 1 aliphatic rings. The van der Waals surface area contributed by atoms with Crippen molar-refractivity contribution in [2.24, 2.45) is 0 Å². The number of carbonyl (C=O) groups is 1. The zero-order valence-electron chi connectivity index (χ0n) is 8.88. The monoisotopic (exact) mass is 201 g/mol. The summed E-state index contributed by atoms with van der Waals surface area (Å²) < 4.78 is 5.26. The summed E-state index contributed by atoms with van der Waals surface area (Å²) in [4.78, 5) is 11.6. The highest BCUT2D eigenvalue weighted by atomic mass is 16.5. The van der Waals surface area contributed by atoms with Crippen molar-refractivity contribution in [3.63, 3.8) is 0 Å². The van der Waals surface area contributed by atoms with Gasteiger partial charge in [0, 0.05) is 6.61 Å². The van der Waals surface area contributed by atoms with Crippen LogP contribution in [0.15, 0.2) is 0 Å². The lowest BCUT2D eigenvalue weighted by Crippen LogP contribution is -2.51. The lowest BCUT2D eigenvalue weighted by atomic mass is 10.00. The summed E-state index contributed by atoms with van der Waals surface area (Å²) in [5.41, 5.74) is -0.511. The molecule has 0 aliphatic carbocycles. The Hall–Kier alpha value is -0.610. The van der Waals surface area contributed by atoms with Gasteiger partial charge < -0.3 is 15.2 Å². The second kappa shape index (κ2) is 4.75. The largest absolute Gasteiger partial charge is 0.394 e. The molecule has 0 aromatic heterocycles. The number of amides is 1. The van der Waals surface area contributed by atoms with Crippen LogP contribution in [0.3, 0.4) is 0 Å². The maximum absolute atomic E-state index is 11.6. The van der Waals surface area contributed by atoms with E-state index in [4.69, 9.17) is 9.84 Å². The Labute approximate surface area is 84.6 Å². The lowest BCUT2D eigenvalue weighted by Gasteiger charge is -2.28. The number of aliphatic hydroxyl groups excluding tert-OH is 1. The maximum Gasteiger partial charge on any atom is 0.249 e. The minimum absolute atomic E-state index is 0.0397. The number of aliphatic hydroxyl groups is 1. The Morgan fingerprint density at radius 1 is 1.71 bits per heavy atom. The third-order valence-corrected chi connectivity index (χ3v) is 2.78. The average Bonchev–Trinajstić information content (AvgIpc) is 2.70. The van der Waals surface area contributed by atoms with Crippen LogP contribution in [0.4, 0.5) is 0 Å². The van der Waals surface area contributed by atoms with Crippen molar-refractivity contribution in [3.05, 3.63) is 0 Å². The van der Waals surface area contributed by atoms with Gasteiger partial charge in [-0.3, -0.25) is 4.79 Å². The summed E-state index contributed by atoms with van der Waals surface area (Å²) in [7, 11) is 0. The van der Waals surface area contributed by atoms with Crippen LogP contribution in [0.1, 0.15) is 33.1 Å². The first kappa shape index (κ1) is 11.5. The van der Waals surface area contributed by atoms with E-state index in [9.17, 15) is 4.79 Å². The molecule has 0 bridgehead atoms. The molecule has 2 N–H and O–H groups in total. The number of hydrogen-bond donors (Lipinski definition) is 2. The van der Waals surface area contributed by atoms with Crippen molar-refractivity contribution in [3.8, 4) is 0 Å². The zero-order valence-corrected chi connectivity index (χ0v) is 8.88. The van der Waals surface area contributed by atoms with Crippen molar-refractivity contribution in [2.75, 3.05) is 13.2 Å². The molecule has 1 aliphatic heterocycles. The molecule has 1 heterocycles. The summed E-state index contributed by atoms with van der Waals surface area (Å²) in [6, 6.07) is 0. The molecule has 14 heavy (non-hydrogen) atoms. The fraction of sp³-hybridized carbons (Fsp3) is 0.900. The van der Waals surface area contributed by atoms with E-state index >= 15 is 0 Å². The second-order valence-electron chi connectivity index (χ2n) is 4.06. The average molecular weight is 201 g/mol. The van der Waals surface area contributed by atoms with Gasteiger partial charge >= 0.3 is 0 Å². The number of carbonyl (C=O) groups excluding carboxylic acids is 1. The Kier molecular flexibility index (Phi) is 3.89. The SMILES string of the molecule is CCC(C)(CO)NC(=O)C1CCCO1. The summed E-state index contributed by atoms with van der Waals surface area (Å²) in [6.45, 7) is 4.40. The van der Waals surface area contributed by atoms with Gasteiger partial charge in [0.05, 0.1) is 12.1 Å². The van der Waals surface area contributed by atoms with Crippen molar-refractivity contribution < 1.29 is 14.6 Å². The van der Waals surface area contributed by atoms with Gasteiger partial charge in [-0.05, 0) is 26.2 Å². The van der Waals surface area contributed by atoms with Crippen LogP contribution < -0.4 is 5.32 Å². The first-order chi connectivity index (χ1) is 6.61. The topological polar surface area (TPSA) is 58.6 Å². The summed E-state index contributed by atoms with van der Waals surface area (Å²) >= 11 is 0. The van der Waals surface area contributed by atoms with Crippen LogP contribution >= 0.6 is 0 Å². The molecule has 2 unspecified atom stereocenters. The van der Waals surface area contributed by atoms with E-state index in [1.807, 2.05) is 13.8 Å². The van der Waals surface area contributed by atoms with Crippen molar-refractivity contribution >= 4 is 5.91 Å². The predicted molar refractivity (Wildman–Crippen MR) is 52.9 cm³/mol. The third-order valence-electron chi connectivity index (χ3n) is 2.78. The van der Waals surface area contributed by atoms with Crippen molar-refractivity contribution in [2.45, 2.75) is 44.8 Å². The Morgan fingerprint density at radius 3 is 2.86 bits per heavy atom. The molecule has 4 nitrogen and oxygen atoms in total. The van der Waals surface area contributed by atoms with Crippen LogP contribution in [0, 0.1) is 0 Å². The van der Waals surface area contributed by atoms with Gasteiger partial charge in [0.2, 0.25) is 5.91 Å². The van der Waals surface area contributed by atoms with E-state index in [1.165, 1.54) is 0 Å². The molecular weight excluding hydrogens is 182 g/mol. The van der Waals surface area contributed by atoms with Crippen molar-refractivity contribution in [1.82, 2.24) is 5.32 Å². The number of nitrogens with one attached hydrogen (secondary N) is 1. The molecule has 0 spiro atoms. The quantitative estimate of drug-likeness (QED) is 0.694. The second-order valence-corrected chi connectivity index (χ2v) is 4.06. The molecule has 1 rings (SSSR count). The zero-order chi connectivity index (χ0) is 10.6. The number of rotatable bonds is 4. The van der Waals surface area contributed by atoms with E-state index in [0.717, 1.165) is 12.8 Å². The van der Waals surface area contributed by atoms with Crippen LogP contribution in [0.5, 0.6) is 0 Å². The van der Waals surface area contributed by atoms with E-state index in [-0.39, 0.29) is 18.6 Å². The van der Waals surface area contributed by atoms with Crippen LogP contribution in [0.25, 0.3) is 0 Å². The standard InChI is InChI=1S/C10H19NO3/c1-3-10(2,7-12)11-9(13)8-5-4-6-14-8/h8,12H,3-7H2,1-2H3,(H,11,13). The third kappa shape index (κ3) is 2.69. The highest BCUT2D eigenvalue weighted by Crippen LogP contribution is 2.14. The van der Waals surface area contributed by atoms with Crippen LogP contribution in [-0.2, 0) is 9.53 Å². The van der Waals surface area contributed by atoms with Crippen LogP contribution in [0.2, 0.25) is 0 Å². The first-order valence-electron chi connectivity index (χ1n) is 5.16. The molecule has 0 aromatic carbocycles. The van der Waals surface area contributed by atoms with E-state index in [2.05, 4.69) is 5.32 Å². The Balaban J connectivity index is 2.45. The molecule has 82 valence electrons. The number of hydrogen-bond acceptors (Lipinski definition) is 3. The molecule has 4 heteroatoms. The van der Waals surface area contributed by atoms with Crippen molar-refractivity contribution in [1.29, 1.82) is 0 Å². The predicted octanol–water partition coefficient (Wildman–Crippen LogP) is 0.443. The molecular formula is C10H19NO3. The fourth-order valence-corrected chi connectivity index (χ4v) is 1.40. The smallest absolute Gasteiger partial charge is 0.249 e. The molecule has 1 saturated heterocycles. The van der Waals surface area contributed by atoms with Crippen LogP contribution in [-0.4, -0.2) is 35.9 Å². The minimum atomic E-state index is -0.511. The summed E-state index contributed by atoms with van der Waals surface area (Å²) in [5.74, 6) is -0.0964. The first-order valence-corrected chi connectivity index (χ1v) is 5.16. The van der Waals surface area contributed by atoms with E-state index in [1.54, 1.807) is 0 Å². The summed E-state index contributed by atoms with van der Waals surface area (Å²) in [6.07, 6.45) is 2.13. The van der Waals surface area contributed by atoms with Gasteiger partial charge in [0.15, 0.2) is 0 Å². The summed E-state index contributed by atoms with van der Waals surface area (Å²) in [5, 5.41) is 11.9. The highest BCUT2D eigenvalue weighted by Gasteiger charge is 2.29. The van der Waals surface area contributed by atoms with Gasteiger partial charge in [-0.2, -0.15) is 0 Å². The van der Waals surface area contributed by atoms with Gasteiger partial charge in [0.1, 0.15) is 6.10 Å². The molecule has 0 saturated carbocycles. The van der Waals surface area contributed by atoms with Gasteiger partial charge in [-0.15, -0.1) is 0 Å². The lowest BCUT2D eigenvalue weighted by molar-refractivity contribution is -0.132. The van der Waals surface area contributed by atoms with E-state index in [0.29, 0.717) is 13.0 Å². The van der Waals surface area contributed by atoms with E-state index < -0.39 is 5.54 Å². The molecule has 1 amide bonds. The Morgan fingerprint density at radius 2 is 2.43 bits per heavy atom. The Bertz CT molecular complexity index is 196. The van der Waals surface area contributed by atoms with Gasteiger partial charge in [-0.25, -0.2) is 0 Å². The van der Waals surface area contributed by atoms with Gasteiger partial charge in [0.25, 0.3) is 0 Å². The molecule has 2 atom stereocenters. The molecule has 0 aromatic rings. The number of ether oxygens (including phenoxy) is 1. The van der Waals surface area contributed by atoms with Gasteiger partial charge in [-0.1, -0.05) is 6.92 Å². The highest BCUT2D eigenvalue weighted by molar-refractivity contribution is 5.81. The normalized spacial score (nSPS) is 25.8. The fourth-order valence-electron chi connectivity index (χ4n) is 1.40. The maximum atomic E-state index is 11.6. The minimum Gasteiger partial charge on any atom is -0.394 e.